The monoisotopic (exact) mass is 299 g/mol. The van der Waals surface area contributed by atoms with Crippen LogP contribution in [0.3, 0.4) is 0 Å². The maximum atomic E-state index is 11.6. The van der Waals surface area contributed by atoms with Crippen molar-refractivity contribution < 1.29 is 19.1 Å². The van der Waals surface area contributed by atoms with E-state index in [9.17, 15) is 9.59 Å². The van der Waals surface area contributed by atoms with Crippen LogP contribution in [0.4, 0.5) is 0 Å². The molecular weight excluding hydrogens is 282 g/mol. The second-order valence-electron chi connectivity index (χ2n) is 4.47. The molecule has 0 bridgehead atoms. The number of rotatable bonds is 6. The molecule has 0 unspecified atom stereocenters. The highest BCUT2D eigenvalue weighted by Gasteiger charge is 2.07. The number of nitrogens with one attached hydrogen (secondary N) is 1. The largest absolute Gasteiger partial charge is 0.461 e. The number of aromatic nitrogens is 1. The van der Waals surface area contributed by atoms with Crippen LogP contribution in [0.2, 0.25) is 0 Å². The zero-order chi connectivity index (χ0) is 15.8. The predicted molar refractivity (Wildman–Crippen MR) is 82.0 cm³/mol. The first-order valence-corrected chi connectivity index (χ1v) is 6.94. The van der Waals surface area contributed by atoms with Crippen LogP contribution in [0.25, 0.3) is 6.08 Å². The highest BCUT2D eigenvalue weighted by Crippen LogP contribution is 2.06. The summed E-state index contributed by atoms with van der Waals surface area (Å²) >= 11 is 0. The second-order valence-corrected chi connectivity index (χ2v) is 4.47. The Hall–Kier alpha value is -2.82. The molecule has 1 aromatic carbocycles. The number of hydrogen-bond donors (Lipinski definition) is 1. The molecule has 5 nitrogen and oxygen atoms in total. The number of carbonyl (C=O) groups is 2. The van der Waals surface area contributed by atoms with Crippen LogP contribution in [-0.4, -0.2) is 23.5 Å². The number of hydrogen-bond acceptors (Lipinski definition) is 4. The normalized spacial score (nSPS) is 10.6. The van der Waals surface area contributed by atoms with Crippen LogP contribution in [-0.2, 0) is 20.9 Å². The van der Waals surface area contributed by atoms with E-state index in [-0.39, 0.29) is 6.61 Å². The number of carbonyl (C=O) groups excluding carboxylic acids is 2. The summed E-state index contributed by atoms with van der Waals surface area (Å²) in [6.07, 6.45) is 2.86. The van der Waals surface area contributed by atoms with E-state index in [1.54, 1.807) is 25.1 Å². The number of ether oxygens (including phenoxy) is 2. The number of H-pyrrole nitrogens is 1. The van der Waals surface area contributed by atoms with Gasteiger partial charge in [0.05, 0.1) is 6.61 Å². The summed E-state index contributed by atoms with van der Waals surface area (Å²) in [6, 6.07) is 12.7. The zero-order valence-corrected chi connectivity index (χ0v) is 12.2. The zero-order valence-electron chi connectivity index (χ0n) is 12.2. The highest BCUT2D eigenvalue weighted by atomic mass is 16.5. The van der Waals surface area contributed by atoms with Crippen LogP contribution >= 0.6 is 0 Å². The SMILES string of the molecule is CCOC(=O)c1ccc(C=CC(=O)OCc2ccccc2)[nH]1. The van der Waals surface area contributed by atoms with Crippen molar-refractivity contribution in [1.29, 1.82) is 0 Å². The minimum atomic E-state index is -0.448. The van der Waals surface area contributed by atoms with E-state index < -0.39 is 11.9 Å². The average molecular weight is 299 g/mol. The fourth-order valence-corrected chi connectivity index (χ4v) is 1.77. The molecule has 0 radical (unpaired) electrons. The summed E-state index contributed by atoms with van der Waals surface area (Å²) in [7, 11) is 0. The molecule has 0 amide bonds. The number of aromatic amines is 1. The summed E-state index contributed by atoms with van der Waals surface area (Å²) in [4.78, 5) is 26.0. The van der Waals surface area contributed by atoms with Gasteiger partial charge in [0.2, 0.25) is 0 Å². The minimum Gasteiger partial charge on any atom is -0.461 e. The van der Waals surface area contributed by atoms with Crippen molar-refractivity contribution in [3.63, 3.8) is 0 Å². The van der Waals surface area contributed by atoms with Crippen molar-refractivity contribution in [2.75, 3.05) is 6.61 Å². The minimum absolute atomic E-state index is 0.225. The van der Waals surface area contributed by atoms with Gasteiger partial charge in [-0.15, -0.1) is 0 Å². The smallest absolute Gasteiger partial charge is 0.354 e. The van der Waals surface area contributed by atoms with Gasteiger partial charge in [-0.05, 0) is 30.7 Å². The van der Waals surface area contributed by atoms with Gasteiger partial charge in [0, 0.05) is 11.8 Å². The van der Waals surface area contributed by atoms with Crippen LogP contribution in [0, 0.1) is 0 Å². The third-order valence-corrected chi connectivity index (χ3v) is 2.83. The van der Waals surface area contributed by atoms with Crippen molar-refractivity contribution in [3.8, 4) is 0 Å². The standard InChI is InChI=1S/C17H17NO4/c1-2-21-17(20)15-10-8-14(18-15)9-11-16(19)22-12-13-6-4-3-5-7-13/h3-11,18H,2,12H2,1H3. The first-order chi connectivity index (χ1) is 10.7. The molecule has 0 saturated carbocycles. The fourth-order valence-electron chi connectivity index (χ4n) is 1.77. The van der Waals surface area contributed by atoms with E-state index in [4.69, 9.17) is 9.47 Å². The molecule has 1 N–H and O–H groups in total. The first kappa shape index (κ1) is 15.6. The molecule has 0 spiro atoms. The molecule has 2 aromatic rings. The lowest BCUT2D eigenvalue weighted by atomic mass is 10.2. The van der Waals surface area contributed by atoms with Gasteiger partial charge in [0.1, 0.15) is 12.3 Å². The Kier molecular flexibility index (Phi) is 5.54. The molecular formula is C17H17NO4. The molecule has 114 valence electrons. The maximum absolute atomic E-state index is 11.6. The lowest BCUT2D eigenvalue weighted by molar-refractivity contribution is -0.138. The van der Waals surface area contributed by atoms with Crippen LogP contribution in [0.5, 0.6) is 0 Å². The molecule has 22 heavy (non-hydrogen) atoms. The maximum Gasteiger partial charge on any atom is 0.354 e. The van der Waals surface area contributed by atoms with Crippen molar-refractivity contribution in [2.45, 2.75) is 13.5 Å². The molecule has 1 aromatic heterocycles. The molecule has 0 atom stereocenters. The second kappa shape index (κ2) is 7.83. The van der Waals surface area contributed by atoms with Crippen molar-refractivity contribution in [1.82, 2.24) is 4.98 Å². The van der Waals surface area contributed by atoms with Gasteiger partial charge in [-0.3, -0.25) is 0 Å². The predicted octanol–water partition coefficient (Wildman–Crippen LogP) is 2.95. The van der Waals surface area contributed by atoms with Crippen molar-refractivity contribution >= 4 is 18.0 Å². The van der Waals surface area contributed by atoms with Gasteiger partial charge in [0.25, 0.3) is 0 Å². The Morgan fingerprint density at radius 3 is 2.59 bits per heavy atom. The first-order valence-electron chi connectivity index (χ1n) is 6.94. The Bertz CT molecular complexity index is 658. The van der Waals surface area contributed by atoms with Gasteiger partial charge in [-0.2, -0.15) is 0 Å². The Labute approximate surface area is 128 Å². The molecule has 0 fully saturated rings. The van der Waals surface area contributed by atoms with Gasteiger partial charge >= 0.3 is 11.9 Å². The topological polar surface area (TPSA) is 68.4 Å². The average Bonchev–Trinajstić information content (AvgIpc) is 3.01. The van der Waals surface area contributed by atoms with Gasteiger partial charge in [0.15, 0.2) is 0 Å². The Morgan fingerprint density at radius 1 is 1.09 bits per heavy atom. The summed E-state index contributed by atoms with van der Waals surface area (Å²) in [6.45, 7) is 2.28. The molecule has 0 aliphatic rings. The molecule has 5 heteroatoms. The lowest BCUT2D eigenvalue weighted by Gasteiger charge is -2.01. The Balaban J connectivity index is 1.86. The third-order valence-electron chi connectivity index (χ3n) is 2.83. The Morgan fingerprint density at radius 2 is 1.86 bits per heavy atom. The van der Waals surface area contributed by atoms with E-state index in [1.165, 1.54) is 6.08 Å². The van der Waals surface area contributed by atoms with Crippen molar-refractivity contribution in [2.24, 2.45) is 0 Å². The van der Waals surface area contributed by atoms with Crippen molar-refractivity contribution in [3.05, 3.63) is 65.5 Å². The van der Waals surface area contributed by atoms with E-state index in [2.05, 4.69) is 4.98 Å². The highest BCUT2D eigenvalue weighted by molar-refractivity contribution is 5.89. The number of benzene rings is 1. The van der Waals surface area contributed by atoms with E-state index in [0.29, 0.717) is 18.0 Å². The van der Waals surface area contributed by atoms with E-state index in [0.717, 1.165) is 5.56 Å². The van der Waals surface area contributed by atoms with Gasteiger partial charge in [-0.1, -0.05) is 30.3 Å². The number of esters is 2. The fraction of sp³-hybridized carbons (Fsp3) is 0.176. The summed E-state index contributed by atoms with van der Waals surface area (Å²) in [5.74, 6) is -0.870. The summed E-state index contributed by atoms with van der Waals surface area (Å²) in [5.41, 5.74) is 1.90. The lowest BCUT2D eigenvalue weighted by Crippen LogP contribution is -2.04. The summed E-state index contributed by atoms with van der Waals surface area (Å²) in [5, 5.41) is 0. The van der Waals surface area contributed by atoms with E-state index >= 15 is 0 Å². The molecule has 1 heterocycles. The van der Waals surface area contributed by atoms with Crippen LogP contribution in [0.1, 0.15) is 28.7 Å². The van der Waals surface area contributed by atoms with Crippen LogP contribution < -0.4 is 0 Å². The van der Waals surface area contributed by atoms with Gasteiger partial charge < -0.3 is 14.5 Å². The molecule has 0 aliphatic heterocycles. The molecule has 0 aliphatic carbocycles. The molecule has 0 saturated heterocycles. The van der Waals surface area contributed by atoms with E-state index in [1.807, 2.05) is 30.3 Å². The van der Waals surface area contributed by atoms with Gasteiger partial charge in [-0.25, -0.2) is 9.59 Å². The van der Waals surface area contributed by atoms with Crippen LogP contribution in [0.15, 0.2) is 48.5 Å². The third kappa shape index (κ3) is 4.63. The molecule has 2 rings (SSSR count). The quantitative estimate of drug-likeness (QED) is 0.657. The summed E-state index contributed by atoms with van der Waals surface area (Å²) < 4.78 is 9.98.